The molecule has 0 saturated heterocycles. The summed E-state index contributed by atoms with van der Waals surface area (Å²) in [6, 6.07) is 8.58. The number of hydrogen-bond donors (Lipinski definition) is 4. The lowest BCUT2D eigenvalue weighted by atomic mass is 10.00. The summed E-state index contributed by atoms with van der Waals surface area (Å²) in [7, 11) is 0. The Hall–Kier alpha value is -2.83. The van der Waals surface area contributed by atoms with Gasteiger partial charge < -0.3 is 16.4 Å². The molecule has 1 aromatic carbocycles. The zero-order chi connectivity index (χ0) is 14.2. The molecular formula is C14H15N7. The molecule has 7 nitrogen and oxygen atoms in total. The van der Waals surface area contributed by atoms with E-state index in [0.29, 0.717) is 5.65 Å². The van der Waals surface area contributed by atoms with Crippen molar-refractivity contribution in [2.75, 3.05) is 22.9 Å². The number of anilines is 3. The number of para-hydroxylation sites is 1. The molecule has 4 rings (SSSR count). The Bertz CT molecular complexity index is 795. The van der Waals surface area contributed by atoms with E-state index in [1.807, 2.05) is 6.07 Å². The molecule has 7 heteroatoms. The van der Waals surface area contributed by atoms with E-state index in [-0.39, 0.29) is 12.0 Å². The number of nitrogens with one attached hydrogen (secondary N) is 3. The number of aromatic amines is 1. The number of benzene rings is 1. The monoisotopic (exact) mass is 281 g/mol. The topological polar surface area (TPSA) is 105 Å². The molecule has 0 spiro atoms. The lowest BCUT2D eigenvalue weighted by Crippen LogP contribution is -2.34. The summed E-state index contributed by atoms with van der Waals surface area (Å²) in [5.74, 6) is 0.954. The van der Waals surface area contributed by atoms with Crippen molar-refractivity contribution in [3.63, 3.8) is 0 Å². The molecule has 3 heterocycles. The molecule has 0 radical (unpaired) electrons. The van der Waals surface area contributed by atoms with Gasteiger partial charge in [-0.25, -0.2) is 0 Å². The number of rotatable bonds is 2. The highest BCUT2D eigenvalue weighted by atomic mass is 15.2. The van der Waals surface area contributed by atoms with Gasteiger partial charge in [-0.1, -0.05) is 18.2 Å². The highest BCUT2D eigenvalue weighted by molar-refractivity contribution is 5.87. The number of nitrogens with zero attached hydrogens (tertiary/aromatic N) is 3. The Morgan fingerprint density at radius 2 is 2.14 bits per heavy atom. The molecule has 3 aromatic rings. The summed E-state index contributed by atoms with van der Waals surface area (Å²) in [4.78, 5) is 8.41. The van der Waals surface area contributed by atoms with Crippen molar-refractivity contribution < 1.29 is 0 Å². The normalized spacial score (nSPS) is 17.2. The molecule has 0 fully saturated rings. The minimum atomic E-state index is 0.235. The van der Waals surface area contributed by atoms with Crippen LogP contribution in [0.15, 0.2) is 30.5 Å². The standard InChI is InChI=1S/C14H15N7/c15-14-19-12(10-7-17-21-13(10)20-14)18-9-5-8-3-1-2-4-11(8)16-6-9/h1-4,7,9,16H,5-6H2,(H4,15,17,18,19,20,21). The van der Waals surface area contributed by atoms with Crippen LogP contribution in [0.25, 0.3) is 11.0 Å². The van der Waals surface area contributed by atoms with Crippen LogP contribution >= 0.6 is 0 Å². The number of nitrogen functional groups attached to an aromatic ring is 1. The van der Waals surface area contributed by atoms with Gasteiger partial charge in [0.25, 0.3) is 0 Å². The second-order valence-corrected chi connectivity index (χ2v) is 5.15. The SMILES string of the molecule is Nc1nc(NC2CNc3ccccc3C2)c2cn[nH]c2n1. The number of fused-ring (bicyclic) bond motifs is 2. The van der Waals surface area contributed by atoms with Crippen LogP contribution in [-0.2, 0) is 6.42 Å². The van der Waals surface area contributed by atoms with Crippen LogP contribution in [0.2, 0.25) is 0 Å². The van der Waals surface area contributed by atoms with Crippen LogP contribution in [0.3, 0.4) is 0 Å². The van der Waals surface area contributed by atoms with Crippen LogP contribution in [0.1, 0.15) is 5.56 Å². The van der Waals surface area contributed by atoms with Gasteiger partial charge in [0.1, 0.15) is 5.82 Å². The van der Waals surface area contributed by atoms with Gasteiger partial charge >= 0.3 is 0 Å². The molecule has 0 aliphatic carbocycles. The second-order valence-electron chi connectivity index (χ2n) is 5.15. The fourth-order valence-electron chi connectivity index (χ4n) is 2.70. The van der Waals surface area contributed by atoms with Crippen molar-refractivity contribution in [1.82, 2.24) is 20.2 Å². The lowest BCUT2D eigenvalue weighted by Gasteiger charge is -2.27. The molecule has 1 atom stereocenters. The van der Waals surface area contributed by atoms with Crippen molar-refractivity contribution in [3.8, 4) is 0 Å². The van der Waals surface area contributed by atoms with E-state index in [0.717, 1.165) is 24.2 Å². The van der Waals surface area contributed by atoms with Crippen molar-refractivity contribution in [1.29, 1.82) is 0 Å². The van der Waals surface area contributed by atoms with E-state index in [1.165, 1.54) is 11.3 Å². The molecule has 2 aromatic heterocycles. The largest absolute Gasteiger partial charge is 0.383 e. The summed E-state index contributed by atoms with van der Waals surface area (Å²) in [6.07, 6.45) is 2.65. The van der Waals surface area contributed by atoms with Crippen LogP contribution in [0.4, 0.5) is 17.5 Å². The Morgan fingerprint density at radius 1 is 1.24 bits per heavy atom. The van der Waals surface area contributed by atoms with Crippen LogP contribution in [0.5, 0.6) is 0 Å². The third-order valence-corrected chi connectivity index (χ3v) is 3.69. The molecule has 1 aliphatic heterocycles. The van der Waals surface area contributed by atoms with Crippen molar-refractivity contribution in [2.45, 2.75) is 12.5 Å². The van der Waals surface area contributed by atoms with Gasteiger partial charge in [0.2, 0.25) is 5.95 Å². The number of nitrogens with two attached hydrogens (primary N) is 1. The van der Waals surface area contributed by atoms with Gasteiger partial charge in [-0.3, -0.25) is 5.10 Å². The van der Waals surface area contributed by atoms with Crippen molar-refractivity contribution >= 4 is 28.5 Å². The van der Waals surface area contributed by atoms with Crippen molar-refractivity contribution in [3.05, 3.63) is 36.0 Å². The van der Waals surface area contributed by atoms with E-state index < -0.39 is 0 Å². The number of hydrogen-bond acceptors (Lipinski definition) is 6. The Kier molecular flexibility index (Phi) is 2.63. The van der Waals surface area contributed by atoms with Crippen LogP contribution in [-0.4, -0.2) is 32.8 Å². The van der Waals surface area contributed by atoms with E-state index in [9.17, 15) is 0 Å². The fourth-order valence-corrected chi connectivity index (χ4v) is 2.70. The average molecular weight is 281 g/mol. The molecule has 1 aliphatic rings. The molecule has 5 N–H and O–H groups in total. The average Bonchev–Trinajstić information content (AvgIpc) is 2.95. The first kappa shape index (κ1) is 12.0. The third kappa shape index (κ3) is 2.12. The quantitative estimate of drug-likeness (QED) is 0.566. The summed E-state index contributed by atoms with van der Waals surface area (Å²) < 4.78 is 0. The van der Waals surface area contributed by atoms with E-state index in [2.05, 4.69) is 49.0 Å². The maximum Gasteiger partial charge on any atom is 0.224 e. The Morgan fingerprint density at radius 3 is 3.10 bits per heavy atom. The van der Waals surface area contributed by atoms with E-state index in [1.54, 1.807) is 6.20 Å². The minimum absolute atomic E-state index is 0.235. The molecule has 21 heavy (non-hydrogen) atoms. The molecule has 0 bridgehead atoms. The summed E-state index contributed by atoms with van der Waals surface area (Å²) in [5.41, 5.74) is 8.89. The fraction of sp³-hybridized carbons (Fsp3) is 0.214. The first-order valence-corrected chi connectivity index (χ1v) is 6.84. The van der Waals surface area contributed by atoms with Gasteiger partial charge in [0.15, 0.2) is 5.65 Å². The second kappa shape index (κ2) is 4.62. The first-order valence-electron chi connectivity index (χ1n) is 6.84. The van der Waals surface area contributed by atoms with Crippen LogP contribution < -0.4 is 16.4 Å². The van der Waals surface area contributed by atoms with Gasteiger partial charge in [-0.15, -0.1) is 0 Å². The van der Waals surface area contributed by atoms with Crippen LogP contribution in [0, 0.1) is 0 Å². The molecule has 0 saturated carbocycles. The highest BCUT2D eigenvalue weighted by Crippen LogP contribution is 2.25. The van der Waals surface area contributed by atoms with Gasteiger partial charge in [-0.2, -0.15) is 15.1 Å². The zero-order valence-electron chi connectivity index (χ0n) is 11.3. The maximum absolute atomic E-state index is 5.74. The predicted molar refractivity (Wildman–Crippen MR) is 82.1 cm³/mol. The summed E-state index contributed by atoms with van der Waals surface area (Å²) in [5, 5.41) is 14.5. The predicted octanol–water partition coefficient (Wildman–Crippen LogP) is 1.38. The van der Waals surface area contributed by atoms with Gasteiger partial charge in [0.05, 0.1) is 11.6 Å². The summed E-state index contributed by atoms with van der Waals surface area (Å²) in [6.45, 7) is 0.834. The highest BCUT2D eigenvalue weighted by Gasteiger charge is 2.19. The van der Waals surface area contributed by atoms with E-state index >= 15 is 0 Å². The maximum atomic E-state index is 5.74. The summed E-state index contributed by atoms with van der Waals surface area (Å²) >= 11 is 0. The molecule has 0 amide bonds. The minimum Gasteiger partial charge on any atom is -0.383 e. The zero-order valence-corrected chi connectivity index (χ0v) is 11.3. The third-order valence-electron chi connectivity index (χ3n) is 3.69. The molecule has 1 unspecified atom stereocenters. The Labute approximate surface area is 121 Å². The molecular weight excluding hydrogens is 266 g/mol. The van der Waals surface area contributed by atoms with Gasteiger partial charge in [-0.05, 0) is 18.1 Å². The lowest BCUT2D eigenvalue weighted by molar-refractivity contribution is 0.721. The van der Waals surface area contributed by atoms with Gasteiger partial charge in [0, 0.05) is 18.3 Å². The van der Waals surface area contributed by atoms with Crippen molar-refractivity contribution in [2.24, 2.45) is 0 Å². The first-order chi connectivity index (χ1) is 10.3. The Balaban J connectivity index is 1.63. The smallest absolute Gasteiger partial charge is 0.224 e. The number of aromatic nitrogens is 4. The number of H-pyrrole nitrogens is 1. The molecule has 106 valence electrons. The van der Waals surface area contributed by atoms with E-state index in [4.69, 9.17) is 5.73 Å².